The third-order valence-electron chi connectivity index (χ3n) is 4.70. The number of rotatable bonds is 9. The summed E-state index contributed by atoms with van der Waals surface area (Å²) in [5.41, 5.74) is 3.87. The zero-order chi connectivity index (χ0) is 26.3. The Balaban J connectivity index is 1.58. The number of ether oxygens (including phenoxy) is 2. The molecule has 0 radical (unpaired) electrons. The molecule has 0 fully saturated rings. The molecule has 0 aliphatic carbocycles. The standard InChI is InChI=1S/C24H21Cl2N3O6S/c1-15-3-7-18(8-4-15)36(32,33)28-14-23(30)29-27-13-16-5-10-21(22(11-16)34-2)35-24(31)17-6-9-19(25)20(26)12-17/h3-13,28H,14H2,1-2H3,(H,29,30)/b27-13+. The van der Waals surface area contributed by atoms with E-state index in [4.69, 9.17) is 32.7 Å². The van der Waals surface area contributed by atoms with Gasteiger partial charge in [-0.15, -0.1) is 0 Å². The second-order valence-electron chi connectivity index (χ2n) is 7.36. The highest BCUT2D eigenvalue weighted by atomic mass is 35.5. The molecule has 3 aromatic rings. The Bertz CT molecular complexity index is 1410. The van der Waals surface area contributed by atoms with Crippen LogP contribution in [-0.4, -0.2) is 40.2 Å². The number of sulfonamides is 1. The Morgan fingerprint density at radius 3 is 2.36 bits per heavy atom. The molecule has 3 rings (SSSR count). The molecule has 9 nitrogen and oxygen atoms in total. The Hall–Kier alpha value is -3.44. The summed E-state index contributed by atoms with van der Waals surface area (Å²) in [6.07, 6.45) is 1.32. The maximum absolute atomic E-state index is 12.4. The second-order valence-corrected chi connectivity index (χ2v) is 9.94. The number of aryl methyl sites for hydroxylation is 1. The highest BCUT2D eigenvalue weighted by Crippen LogP contribution is 2.29. The van der Waals surface area contributed by atoms with Crippen molar-refractivity contribution in [2.75, 3.05) is 13.7 Å². The monoisotopic (exact) mass is 549 g/mol. The Morgan fingerprint density at radius 1 is 0.972 bits per heavy atom. The van der Waals surface area contributed by atoms with Gasteiger partial charge >= 0.3 is 5.97 Å². The Labute approximate surface area is 218 Å². The number of amides is 1. The van der Waals surface area contributed by atoms with Gasteiger partial charge in [-0.3, -0.25) is 4.79 Å². The van der Waals surface area contributed by atoms with Gasteiger partial charge in [-0.05, 0) is 61.0 Å². The number of halogens is 2. The van der Waals surface area contributed by atoms with Crippen LogP contribution in [0, 0.1) is 6.92 Å². The molecule has 0 atom stereocenters. The third kappa shape index (κ3) is 7.28. The number of esters is 1. The predicted octanol–water partition coefficient (Wildman–Crippen LogP) is 3.96. The van der Waals surface area contributed by atoms with Crippen LogP contribution in [0.3, 0.4) is 0 Å². The maximum atomic E-state index is 12.4. The second kappa shape index (κ2) is 12.0. The van der Waals surface area contributed by atoms with E-state index < -0.39 is 28.4 Å². The molecule has 0 heterocycles. The fraction of sp³-hybridized carbons (Fsp3) is 0.125. The van der Waals surface area contributed by atoms with Crippen molar-refractivity contribution in [3.63, 3.8) is 0 Å². The first-order valence-electron chi connectivity index (χ1n) is 10.3. The van der Waals surface area contributed by atoms with Crippen molar-refractivity contribution in [1.29, 1.82) is 0 Å². The van der Waals surface area contributed by atoms with Gasteiger partial charge in [0, 0.05) is 0 Å². The average molecular weight is 550 g/mol. The van der Waals surface area contributed by atoms with E-state index in [1.165, 1.54) is 55.8 Å². The number of hydrogen-bond donors (Lipinski definition) is 2. The van der Waals surface area contributed by atoms with Crippen molar-refractivity contribution in [2.24, 2.45) is 5.10 Å². The van der Waals surface area contributed by atoms with Crippen LogP contribution in [0.15, 0.2) is 70.7 Å². The lowest BCUT2D eigenvalue weighted by atomic mass is 10.2. The van der Waals surface area contributed by atoms with Crippen molar-refractivity contribution >= 4 is 51.3 Å². The molecule has 0 aromatic heterocycles. The van der Waals surface area contributed by atoms with Crippen LogP contribution in [0.25, 0.3) is 0 Å². The lowest BCUT2D eigenvalue weighted by Crippen LogP contribution is -2.34. The molecule has 1 amide bonds. The number of hydrogen-bond acceptors (Lipinski definition) is 7. The molecule has 0 saturated carbocycles. The summed E-state index contributed by atoms with van der Waals surface area (Å²) in [5, 5.41) is 4.34. The quantitative estimate of drug-likeness (QED) is 0.180. The highest BCUT2D eigenvalue weighted by Gasteiger charge is 2.16. The van der Waals surface area contributed by atoms with E-state index in [1.807, 2.05) is 6.92 Å². The van der Waals surface area contributed by atoms with Crippen LogP contribution in [-0.2, 0) is 14.8 Å². The van der Waals surface area contributed by atoms with Crippen molar-refractivity contribution in [3.8, 4) is 11.5 Å². The number of hydrazone groups is 1. The number of nitrogens with zero attached hydrogens (tertiary/aromatic N) is 1. The van der Waals surface area contributed by atoms with Gasteiger partial charge < -0.3 is 9.47 Å². The van der Waals surface area contributed by atoms with Gasteiger partial charge in [0.25, 0.3) is 5.91 Å². The fourth-order valence-electron chi connectivity index (χ4n) is 2.81. The van der Waals surface area contributed by atoms with Crippen molar-refractivity contribution in [3.05, 3.63) is 87.4 Å². The lowest BCUT2D eigenvalue weighted by Gasteiger charge is -2.10. The smallest absolute Gasteiger partial charge is 0.343 e. The molecule has 12 heteroatoms. The topological polar surface area (TPSA) is 123 Å². The number of carbonyl (C=O) groups is 2. The van der Waals surface area contributed by atoms with E-state index in [1.54, 1.807) is 18.2 Å². The first kappa shape index (κ1) is 27.2. The molecule has 0 spiro atoms. The molecule has 0 aliphatic heterocycles. The molecule has 0 saturated heterocycles. The van der Waals surface area contributed by atoms with E-state index >= 15 is 0 Å². The van der Waals surface area contributed by atoms with Gasteiger partial charge in [0.2, 0.25) is 10.0 Å². The van der Waals surface area contributed by atoms with Gasteiger partial charge in [0.1, 0.15) is 0 Å². The molecule has 2 N–H and O–H groups in total. The van der Waals surface area contributed by atoms with E-state index in [0.717, 1.165) is 5.56 Å². The normalized spacial score (nSPS) is 11.3. The van der Waals surface area contributed by atoms with E-state index in [9.17, 15) is 18.0 Å². The maximum Gasteiger partial charge on any atom is 0.343 e. The SMILES string of the molecule is COc1cc(/C=N/NC(=O)CNS(=O)(=O)c2ccc(C)cc2)ccc1OC(=O)c1ccc(Cl)c(Cl)c1. The van der Waals surface area contributed by atoms with Gasteiger partial charge in [-0.2, -0.15) is 5.10 Å². The van der Waals surface area contributed by atoms with E-state index in [-0.39, 0.29) is 27.0 Å². The summed E-state index contributed by atoms with van der Waals surface area (Å²) in [6.45, 7) is 1.34. The molecule has 188 valence electrons. The minimum absolute atomic E-state index is 0.0523. The molecule has 0 aliphatic rings. The van der Waals surface area contributed by atoms with Crippen molar-refractivity contribution in [1.82, 2.24) is 10.1 Å². The van der Waals surface area contributed by atoms with Crippen LogP contribution in [0.5, 0.6) is 11.5 Å². The summed E-state index contributed by atoms with van der Waals surface area (Å²) in [7, 11) is -2.43. The average Bonchev–Trinajstić information content (AvgIpc) is 2.85. The van der Waals surface area contributed by atoms with Gasteiger partial charge in [-0.1, -0.05) is 40.9 Å². The minimum atomic E-state index is -3.83. The molecular weight excluding hydrogens is 529 g/mol. The van der Waals surface area contributed by atoms with E-state index in [0.29, 0.717) is 10.6 Å². The van der Waals surface area contributed by atoms with Gasteiger partial charge in [-0.25, -0.2) is 23.4 Å². The molecule has 3 aromatic carbocycles. The summed E-state index contributed by atoms with van der Waals surface area (Å²) in [4.78, 5) is 24.5. The number of benzene rings is 3. The largest absolute Gasteiger partial charge is 0.493 e. The number of nitrogens with one attached hydrogen (secondary N) is 2. The lowest BCUT2D eigenvalue weighted by molar-refractivity contribution is -0.119. The first-order valence-corrected chi connectivity index (χ1v) is 12.6. The van der Waals surface area contributed by atoms with Gasteiger partial charge in [0.05, 0.1) is 40.4 Å². The summed E-state index contributed by atoms with van der Waals surface area (Å²) < 4.78 is 37.4. The van der Waals surface area contributed by atoms with Gasteiger partial charge in [0.15, 0.2) is 11.5 Å². The zero-order valence-electron chi connectivity index (χ0n) is 19.1. The molecular formula is C24H21Cl2N3O6S. The van der Waals surface area contributed by atoms with Crippen LogP contribution in [0.4, 0.5) is 0 Å². The highest BCUT2D eigenvalue weighted by molar-refractivity contribution is 7.89. The minimum Gasteiger partial charge on any atom is -0.493 e. The predicted molar refractivity (Wildman–Crippen MR) is 137 cm³/mol. The fourth-order valence-corrected chi connectivity index (χ4v) is 4.09. The summed E-state index contributed by atoms with van der Waals surface area (Å²) in [6, 6.07) is 15.2. The Morgan fingerprint density at radius 2 is 1.69 bits per heavy atom. The van der Waals surface area contributed by atoms with Crippen LogP contribution in [0.2, 0.25) is 10.0 Å². The van der Waals surface area contributed by atoms with Crippen LogP contribution >= 0.6 is 23.2 Å². The molecule has 36 heavy (non-hydrogen) atoms. The summed E-state index contributed by atoms with van der Waals surface area (Å²) >= 11 is 11.8. The first-order chi connectivity index (χ1) is 17.1. The number of carbonyl (C=O) groups excluding carboxylic acids is 2. The summed E-state index contributed by atoms with van der Waals surface area (Å²) in [5.74, 6) is -0.931. The molecule has 0 bridgehead atoms. The third-order valence-corrected chi connectivity index (χ3v) is 6.86. The zero-order valence-corrected chi connectivity index (χ0v) is 21.4. The van der Waals surface area contributed by atoms with Crippen LogP contribution < -0.4 is 19.6 Å². The number of methoxy groups -OCH3 is 1. The van der Waals surface area contributed by atoms with Crippen molar-refractivity contribution in [2.45, 2.75) is 11.8 Å². The Kier molecular flexibility index (Phi) is 9.05. The van der Waals surface area contributed by atoms with Crippen molar-refractivity contribution < 1.29 is 27.5 Å². The van der Waals surface area contributed by atoms with E-state index in [2.05, 4.69) is 15.2 Å². The van der Waals surface area contributed by atoms with Crippen LogP contribution in [0.1, 0.15) is 21.5 Å². The molecule has 0 unspecified atom stereocenters.